The lowest BCUT2D eigenvalue weighted by atomic mass is 10.1. The molecule has 0 radical (unpaired) electrons. The van der Waals surface area contributed by atoms with E-state index in [0.717, 1.165) is 12.1 Å². The van der Waals surface area contributed by atoms with E-state index in [9.17, 15) is 9.59 Å². The largest absolute Gasteiger partial charge is 0.358 e. The van der Waals surface area contributed by atoms with E-state index < -0.39 is 0 Å². The number of benzene rings is 1. The first-order valence-corrected chi connectivity index (χ1v) is 10.2. The molecule has 0 unspecified atom stereocenters. The van der Waals surface area contributed by atoms with E-state index in [1.54, 1.807) is 0 Å². The molecule has 1 aromatic heterocycles. The molecule has 26 heavy (non-hydrogen) atoms. The third-order valence-electron chi connectivity index (χ3n) is 3.48. The normalized spacial score (nSPS) is 10.4. The van der Waals surface area contributed by atoms with Crippen LogP contribution in [-0.4, -0.2) is 41.4 Å². The van der Waals surface area contributed by atoms with Gasteiger partial charge in [0.1, 0.15) is 0 Å². The minimum Gasteiger partial charge on any atom is -0.358 e. The zero-order valence-electron chi connectivity index (χ0n) is 14.9. The molecule has 1 heterocycles. The van der Waals surface area contributed by atoms with Crippen molar-refractivity contribution in [3.8, 4) is 0 Å². The number of carbonyl (C=O) groups excluding carboxylic acids is 2. The van der Waals surface area contributed by atoms with Gasteiger partial charge in [-0.3, -0.25) is 9.59 Å². The SMILES string of the molecule is CCCCc1ccc(Nc2nnc(SCC(=O)NCC(=O)NC)s2)cc1. The zero-order valence-corrected chi connectivity index (χ0v) is 16.5. The van der Waals surface area contributed by atoms with Crippen LogP contribution in [0.15, 0.2) is 28.6 Å². The quantitative estimate of drug-likeness (QED) is 0.537. The van der Waals surface area contributed by atoms with Crippen molar-refractivity contribution in [1.29, 1.82) is 0 Å². The molecule has 3 N–H and O–H groups in total. The standard InChI is InChI=1S/C17H23N5O2S2/c1-3-4-5-12-6-8-13(9-7-12)20-16-21-22-17(26-16)25-11-15(24)19-10-14(23)18-2/h6-9H,3-5,10-11H2,1-2H3,(H,18,23)(H,19,24)(H,20,21). The van der Waals surface area contributed by atoms with E-state index in [2.05, 4.69) is 45.2 Å². The maximum atomic E-state index is 11.7. The summed E-state index contributed by atoms with van der Waals surface area (Å²) in [6.07, 6.45) is 3.48. The van der Waals surface area contributed by atoms with Crippen molar-refractivity contribution in [1.82, 2.24) is 20.8 Å². The molecule has 140 valence electrons. The number of nitrogens with zero attached hydrogens (tertiary/aromatic N) is 2. The summed E-state index contributed by atoms with van der Waals surface area (Å²) in [5.41, 5.74) is 2.29. The van der Waals surface area contributed by atoms with Crippen LogP contribution in [0.25, 0.3) is 0 Å². The van der Waals surface area contributed by atoms with Crippen molar-refractivity contribution in [2.24, 2.45) is 0 Å². The first-order valence-electron chi connectivity index (χ1n) is 8.40. The Kier molecular flexibility index (Phi) is 8.36. The minimum absolute atomic E-state index is 0.0208. The lowest BCUT2D eigenvalue weighted by Gasteiger charge is -2.04. The number of nitrogens with one attached hydrogen (secondary N) is 3. The van der Waals surface area contributed by atoms with Gasteiger partial charge in [-0.15, -0.1) is 10.2 Å². The van der Waals surface area contributed by atoms with E-state index in [0.29, 0.717) is 9.47 Å². The molecular formula is C17H23N5O2S2. The second-order valence-electron chi connectivity index (χ2n) is 5.54. The van der Waals surface area contributed by atoms with Gasteiger partial charge in [-0.05, 0) is 30.5 Å². The van der Waals surface area contributed by atoms with Gasteiger partial charge in [0.05, 0.1) is 12.3 Å². The zero-order chi connectivity index (χ0) is 18.8. The summed E-state index contributed by atoms with van der Waals surface area (Å²) >= 11 is 2.68. The topological polar surface area (TPSA) is 96.0 Å². The minimum atomic E-state index is -0.230. The van der Waals surface area contributed by atoms with Gasteiger partial charge >= 0.3 is 0 Å². The van der Waals surface area contributed by atoms with Crippen LogP contribution in [0.1, 0.15) is 25.3 Å². The molecule has 0 saturated carbocycles. The molecule has 0 aliphatic heterocycles. The fourth-order valence-corrected chi connectivity index (χ4v) is 3.63. The number of hydrogen-bond acceptors (Lipinski definition) is 7. The maximum absolute atomic E-state index is 11.7. The van der Waals surface area contributed by atoms with Crippen LogP contribution in [0.5, 0.6) is 0 Å². The van der Waals surface area contributed by atoms with Gasteiger partial charge in [0.2, 0.25) is 16.9 Å². The monoisotopic (exact) mass is 393 g/mol. The number of thioether (sulfide) groups is 1. The summed E-state index contributed by atoms with van der Waals surface area (Å²) in [6.45, 7) is 2.17. The highest BCUT2D eigenvalue weighted by Gasteiger charge is 2.09. The molecular weight excluding hydrogens is 370 g/mol. The first-order chi connectivity index (χ1) is 12.6. The van der Waals surface area contributed by atoms with Crippen LogP contribution >= 0.6 is 23.1 Å². The summed E-state index contributed by atoms with van der Waals surface area (Å²) < 4.78 is 0.696. The van der Waals surface area contributed by atoms with Crippen LogP contribution in [-0.2, 0) is 16.0 Å². The lowest BCUT2D eigenvalue weighted by molar-refractivity contribution is -0.124. The van der Waals surface area contributed by atoms with Crippen LogP contribution in [0, 0.1) is 0 Å². The number of rotatable bonds is 10. The molecule has 2 aromatic rings. The summed E-state index contributed by atoms with van der Waals surface area (Å²) in [5.74, 6) is -0.255. The number of unbranched alkanes of at least 4 members (excludes halogenated alkanes) is 1. The van der Waals surface area contributed by atoms with Crippen LogP contribution in [0.3, 0.4) is 0 Å². The molecule has 2 rings (SSSR count). The van der Waals surface area contributed by atoms with E-state index in [-0.39, 0.29) is 24.1 Å². The fraction of sp³-hybridized carbons (Fsp3) is 0.412. The summed E-state index contributed by atoms with van der Waals surface area (Å²) in [6, 6.07) is 8.30. The van der Waals surface area contributed by atoms with Gasteiger partial charge in [0, 0.05) is 12.7 Å². The number of amides is 2. The Morgan fingerprint density at radius 2 is 1.92 bits per heavy atom. The van der Waals surface area contributed by atoms with Crippen molar-refractivity contribution in [2.45, 2.75) is 30.5 Å². The molecule has 0 saturated heterocycles. The second-order valence-corrected chi connectivity index (χ2v) is 7.74. The van der Waals surface area contributed by atoms with Crippen LogP contribution in [0.4, 0.5) is 10.8 Å². The second kappa shape index (κ2) is 10.8. The Bertz CT molecular complexity index is 718. The van der Waals surface area contributed by atoms with Crippen molar-refractivity contribution < 1.29 is 9.59 Å². The first kappa shape index (κ1) is 20.2. The molecule has 0 aliphatic carbocycles. The van der Waals surface area contributed by atoms with Crippen LogP contribution < -0.4 is 16.0 Å². The summed E-state index contributed by atoms with van der Waals surface area (Å²) in [5, 5.41) is 17.0. The van der Waals surface area contributed by atoms with Crippen LogP contribution in [0.2, 0.25) is 0 Å². The Labute approximate surface area is 161 Å². The third-order valence-corrected chi connectivity index (χ3v) is 5.45. The van der Waals surface area contributed by atoms with E-state index in [1.165, 1.54) is 48.6 Å². The Morgan fingerprint density at radius 1 is 1.15 bits per heavy atom. The highest BCUT2D eigenvalue weighted by atomic mass is 32.2. The van der Waals surface area contributed by atoms with Gasteiger partial charge < -0.3 is 16.0 Å². The van der Waals surface area contributed by atoms with Crippen molar-refractivity contribution in [3.63, 3.8) is 0 Å². The predicted molar refractivity (Wildman–Crippen MR) is 106 cm³/mol. The highest BCUT2D eigenvalue weighted by Crippen LogP contribution is 2.27. The predicted octanol–water partition coefficient (Wildman–Crippen LogP) is 2.58. The van der Waals surface area contributed by atoms with Gasteiger partial charge in [-0.1, -0.05) is 48.6 Å². The Morgan fingerprint density at radius 3 is 2.62 bits per heavy atom. The molecule has 0 atom stereocenters. The molecule has 0 bridgehead atoms. The molecule has 2 amide bonds. The molecule has 9 heteroatoms. The fourth-order valence-electron chi connectivity index (χ4n) is 2.02. The smallest absolute Gasteiger partial charge is 0.239 e. The molecule has 0 spiro atoms. The molecule has 7 nitrogen and oxygen atoms in total. The van der Waals surface area contributed by atoms with Crippen molar-refractivity contribution >= 4 is 45.7 Å². The number of carbonyl (C=O) groups is 2. The van der Waals surface area contributed by atoms with Gasteiger partial charge in [0.15, 0.2) is 4.34 Å². The number of aromatic nitrogens is 2. The number of anilines is 2. The average Bonchev–Trinajstić information content (AvgIpc) is 3.11. The van der Waals surface area contributed by atoms with Gasteiger partial charge in [-0.2, -0.15) is 0 Å². The molecule has 0 aliphatic rings. The highest BCUT2D eigenvalue weighted by molar-refractivity contribution is 8.01. The molecule has 0 fully saturated rings. The summed E-state index contributed by atoms with van der Waals surface area (Å²) in [7, 11) is 1.53. The van der Waals surface area contributed by atoms with Crippen molar-refractivity contribution in [2.75, 3.05) is 24.7 Å². The lowest BCUT2D eigenvalue weighted by Crippen LogP contribution is -2.35. The molecule has 1 aromatic carbocycles. The van der Waals surface area contributed by atoms with Crippen molar-refractivity contribution in [3.05, 3.63) is 29.8 Å². The average molecular weight is 394 g/mol. The van der Waals surface area contributed by atoms with E-state index >= 15 is 0 Å². The number of likely N-dealkylation sites (N-methyl/N-ethyl adjacent to an activating group) is 1. The number of hydrogen-bond donors (Lipinski definition) is 3. The van der Waals surface area contributed by atoms with E-state index in [1.807, 2.05) is 12.1 Å². The Hall–Kier alpha value is -2.13. The third kappa shape index (κ3) is 7.01. The maximum Gasteiger partial charge on any atom is 0.239 e. The van der Waals surface area contributed by atoms with Gasteiger partial charge in [-0.25, -0.2) is 0 Å². The number of aryl methyl sites for hydroxylation is 1. The summed E-state index contributed by atoms with van der Waals surface area (Å²) in [4.78, 5) is 22.7. The van der Waals surface area contributed by atoms with E-state index in [4.69, 9.17) is 0 Å². The van der Waals surface area contributed by atoms with Gasteiger partial charge in [0.25, 0.3) is 0 Å². The Balaban J connectivity index is 1.78.